The van der Waals surface area contributed by atoms with E-state index in [4.69, 9.17) is 22.3 Å². The van der Waals surface area contributed by atoms with Gasteiger partial charge in [-0.25, -0.2) is 0 Å². The number of nitrogens with one attached hydrogen (secondary N) is 1. The molecule has 5 heteroatoms. The second kappa shape index (κ2) is 16.4. The van der Waals surface area contributed by atoms with Crippen molar-refractivity contribution in [2.75, 3.05) is 39.3 Å². The van der Waals surface area contributed by atoms with E-state index in [1.165, 1.54) is 0 Å². The maximum atomic E-state index is 8.19. The Bertz CT molecular complexity index is 47.8. The number of hydrogen-bond donors (Lipinski definition) is 5. The van der Waals surface area contributed by atoms with E-state index in [1.54, 1.807) is 0 Å². The third-order valence-electron chi connectivity index (χ3n) is 0.776. The molecule has 0 atom stereocenters. The lowest BCUT2D eigenvalue weighted by Crippen LogP contribution is -2.24. The first-order chi connectivity index (χ1) is 5.33. The van der Waals surface area contributed by atoms with Gasteiger partial charge in [-0.3, -0.25) is 0 Å². The average Bonchev–Trinajstić information content (AvgIpc) is 2.06. The summed E-state index contributed by atoms with van der Waals surface area (Å²) in [7, 11) is 0. The third-order valence-corrected chi connectivity index (χ3v) is 0.776. The van der Waals surface area contributed by atoms with Crippen LogP contribution >= 0.6 is 0 Å². The molecule has 0 heterocycles. The van der Waals surface area contributed by atoms with Crippen LogP contribution in [0.25, 0.3) is 0 Å². The van der Waals surface area contributed by atoms with E-state index < -0.39 is 0 Å². The number of rotatable bonds is 5. The van der Waals surface area contributed by atoms with Crippen molar-refractivity contribution in [3.63, 3.8) is 0 Å². The minimum Gasteiger partial charge on any atom is -0.395 e. The first-order valence-electron chi connectivity index (χ1n) is 3.75. The van der Waals surface area contributed by atoms with Crippen molar-refractivity contribution in [1.29, 1.82) is 0 Å². The van der Waals surface area contributed by atoms with Gasteiger partial charge in [0.1, 0.15) is 0 Å². The highest BCUT2D eigenvalue weighted by Gasteiger charge is 1.77. The molecule has 0 aliphatic rings. The van der Waals surface area contributed by atoms with Gasteiger partial charge in [-0.1, -0.05) is 0 Å². The van der Waals surface area contributed by atoms with E-state index in [-0.39, 0.29) is 6.61 Å². The SMILES string of the molecule is NCCN.NCCNCCO. The lowest BCUT2D eigenvalue weighted by molar-refractivity contribution is 0.293. The highest BCUT2D eigenvalue weighted by molar-refractivity contribution is 4.42. The molecule has 0 radical (unpaired) electrons. The summed E-state index contributed by atoms with van der Waals surface area (Å²) in [5.41, 5.74) is 14.9. The van der Waals surface area contributed by atoms with Gasteiger partial charge in [-0.15, -0.1) is 0 Å². The molecule has 0 unspecified atom stereocenters. The normalized spacial score (nSPS) is 8.73. The van der Waals surface area contributed by atoms with Gasteiger partial charge >= 0.3 is 0 Å². The predicted molar refractivity (Wildman–Crippen MR) is 47.1 cm³/mol. The second-order valence-corrected chi connectivity index (χ2v) is 1.84. The van der Waals surface area contributed by atoms with E-state index in [1.807, 2.05) is 0 Å². The number of aliphatic hydroxyl groups excluding tert-OH is 1. The van der Waals surface area contributed by atoms with Crippen LogP contribution in [0.3, 0.4) is 0 Å². The van der Waals surface area contributed by atoms with Crippen LogP contribution in [-0.4, -0.2) is 44.4 Å². The molecule has 0 bridgehead atoms. The van der Waals surface area contributed by atoms with Gasteiger partial charge in [0.2, 0.25) is 0 Å². The molecule has 0 saturated heterocycles. The van der Waals surface area contributed by atoms with Gasteiger partial charge in [0.25, 0.3) is 0 Å². The second-order valence-electron chi connectivity index (χ2n) is 1.84. The van der Waals surface area contributed by atoms with Crippen LogP contribution < -0.4 is 22.5 Å². The molecule has 0 aliphatic heterocycles. The largest absolute Gasteiger partial charge is 0.395 e. The molecule has 0 spiro atoms. The predicted octanol–water partition coefficient (Wildman–Crippen LogP) is -2.57. The van der Waals surface area contributed by atoms with Crippen molar-refractivity contribution >= 4 is 0 Å². The van der Waals surface area contributed by atoms with Gasteiger partial charge in [0.15, 0.2) is 0 Å². The number of nitrogens with two attached hydrogens (primary N) is 3. The highest BCUT2D eigenvalue weighted by atomic mass is 16.3. The first-order valence-corrected chi connectivity index (χ1v) is 3.75. The molecular weight excluding hydrogens is 144 g/mol. The minimum absolute atomic E-state index is 0.194. The Labute approximate surface area is 67.9 Å². The fourth-order valence-electron chi connectivity index (χ4n) is 0.306. The van der Waals surface area contributed by atoms with Crippen molar-refractivity contribution < 1.29 is 5.11 Å². The van der Waals surface area contributed by atoms with Crippen LogP contribution in [-0.2, 0) is 0 Å². The van der Waals surface area contributed by atoms with Gasteiger partial charge in [0.05, 0.1) is 6.61 Å². The van der Waals surface area contributed by atoms with Crippen LogP contribution in [0.4, 0.5) is 0 Å². The molecule has 70 valence electrons. The molecule has 0 fully saturated rings. The third kappa shape index (κ3) is 25.9. The maximum absolute atomic E-state index is 8.19. The van der Waals surface area contributed by atoms with Crippen molar-refractivity contribution in [2.24, 2.45) is 17.2 Å². The van der Waals surface area contributed by atoms with Crippen LogP contribution in [0.1, 0.15) is 0 Å². The monoisotopic (exact) mass is 164 g/mol. The Hall–Kier alpha value is -0.200. The fraction of sp³-hybridized carbons (Fsp3) is 1.00. The van der Waals surface area contributed by atoms with E-state index >= 15 is 0 Å². The lowest BCUT2D eigenvalue weighted by Gasteiger charge is -1.95. The smallest absolute Gasteiger partial charge is 0.0555 e. The molecule has 0 aromatic heterocycles. The quantitative estimate of drug-likeness (QED) is 0.287. The van der Waals surface area contributed by atoms with E-state index in [9.17, 15) is 0 Å². The summed E-state index contributed by atoms with van der Waals surface area (Å²) in [5.74, 6) is 0. The van der Waals surface area contributed by atoms with Gasteiger partial charge in [-0.2, -0.15) is 0 Å². The van der Waals surface area contributed by atoms with Gasteiger partial charge < -0.3 is 27.6 Å². The summed E-state index contributed by atoms with van der Waals surface area (Å²) in [5, 5.41) is 11.1. The minimum atomic E-state index is 0.194. The average molecular weight is 164 g/mol. The highest BCUT2D eigenvalue weighted by Crippen LogP contribution is 1.51. The van der Waals surface area contributed by atoms with Gasteiger partial charge in [0, 0.05) is 32.7 Å². The van der Waals surface area contributed by atoms with Crippen LogP contribution in [0.5, 0.6) is 0 Å². The van der Waals surface area contributed by atoms with Crippen molar-refractivity contribution in [1.82, 2.24) is 5.32 Å². The Morgan fingerprint density at radius 3 is 1.73 bits per heavy atom. The zero-order chi connectivity index (χ0) is 8.95. The standard InChI is InChI=1S/C4H12N2O.C2H8N2/c5-1-2-6-3-4-7;3-1-2-4/h6-7H,1-5H2;1-4H2. The molecule has 0 rings (SSSR count). The maximum Gasteiger partial charge on any atom is 0.0555 e. The van der Waals surface area contributed by atoms with Crippen LogP contribution in [0.15, 0.2) is 0 Å². The van der Waals surface area contributed by atoms with Crippen LogP contribution in [0.2, 0.25) is 0 Å². The van der Waals surface area contributed by atoms with Crippen molar-refractivity contribution in [3.05, 3.63) is 0 Å². The van der Waals surface area contributed by atoms with E-state index in [2.05, 4.69) is 5.32 Å². The molecule has 0 saturated carbocycles. The molecule has 11 heavy (non-hydrogen) atoms. The summed E-state index contributed by atoms with van der Waals surface area (Å²) in [6, 6.07) is 0. The van der Waals surface area contributed by atoms with Crippen LogP contribution in [0, 0.1) is 0 Å². The number of aliphatic hydroxyl groups is 1. The Balaban J connectivity index is 0. The Morgan fingerprint density at radius 1 is 0.909 bits per heavy atom. The topological polar surface area (TPSA) is 110 Å². The Morgan fingerprint density at radius 2 is 1.45 bits per heavy atom. The molecule has 8 N–H and O–H groups in total. The fourth-order valence-corrected chi connectivity index (χ4v) is 0.306. The lowest BCUT2D eigenvalue weighted by atomic mass is 10.6. The molecule has 0 aromatic rings. The summed E-state index contributed by atoms with van der Waals surface area (Å²) >= 11 is 0. The van der Waals surface area contributed by atoms with Crippen molar-refractivity contribution in [2.45, 2.75) is 0 Å². The zero-order valence-corrected chi connectivity index (χ0v) is 6.92. The molecule has 0 aliphatic carbocycles. The molecular formula is C6H20N4O. The summed E-state index contributed by atoms with van der Waals surface area (Å²) in [6.45, 7) is 3.47. The Kier molecular flexibility index (Phi) is 20.0. The summed E-state index contributed by atoms with van der Waals surface area (Å²) in [6.07, 6.45) is 0. The number of hydrogen-bond acceptors (Lipinski definition) is 5. The van der Waals surface area contributed by atoms with Crippen molar-refractivity contribution in [3.8, 4) is 0 Å². The zero-order valence-electron chi connectivity index (χ0n) is 6.92. The van der Waals surface area contributed by atoms with E-state index in [0.717, 1.165) is 6.54 Å². The van der Waals surface area contributed by atoms with E-state index in [0.29, 0.717) is 26.2 Å². The first kappa shape index (κ1) is 13.4. The molecule has 0 amide bonds. The summed E-state index contributed by atoms with van der Waals surface area (Å²) in [4.78, 5) is 0. The van der Waals surface area contributed by atoms with Gasteiger partial charge in [-0.05, 0) is 0 Å². The summed E-state index contributed by atoms with van der Waals surface area (Å²) < 4.78 is 0. The molecule has 5 nitrogen and oxygen atoms in total. The molecule has 0 aromatic carbocycles.